The van der Waals surface area contributed by atoms with E-state index < -0.39 is 11.9 Å². The maximum Gasteiger partial charge on any atom is 0.332 e. The molecule has 0 radical (unpaired) electrons. The third-order valence-corrected chi connectivity index (χ3v) is 4.77. The number of phenolic OH excluding ortho intramolecular Hbond substituents is 1. The molecule has 3 N–H and O–H groups in total. The molecule has 1 saturated heterocycles. The van der Waals surface area contributed by atoms with Gasteiger partial charge in [-0.15, -0.1) is 0 Å². The second-order valence-electron chi connectivity index (χ2n) is 6.77. The lowest BCUT2D eigenvalue weighted by Crippen LogP contribution is -2.33. The van der Waals surface area contributed by atoms with E-state index in [1.54, 1.807) is 19.1 Å². The Hall–Kier alpha value is -3.82. The summed E-state index contributed by atoms with van der Waals surface area (Å²) in [6.45, 7) is 4.00. The molecule has 10 heteroatoms. The molecule has 0 atom stereocenters. The number of carbonyl (C=O) groups excluding carboxylic acids is 2. The summed E-state index contributed by atoms with van der Waals surface area (Å²) in [7, 11) is 1.44. The lowest BCUT2D eigenvalue weighted by Gasteiger charge is -2.18. The zero-order valence-corrected chi connectivity index (χ0v) is 16.9. The van der Waals surface area contributed by atoms with Crippen molar-refractivity contribution in [3.63, 3.8) is 0 Å². The number of hydrogen-bond acceptors (Lipinski definition) is 8. The van der Waals surface area contributed by atoms with Crippen LogP contribution in [0.4, 0.5) is 4.79 Å². The van der Waals surface area contributed by atoms with Crippen LogP contribution in [-0.2, 0) is 17.9 Å². The van der Waals surface area contributed by atoms with Gasteiger partial charge >= 0.3 is 6.03 Å². The van der Waals surface area contributed by atoms with Crippen LogP contribution in [0.5, 0.6) is 11.5 Å². The van der Waals surface area contributed by atoms with Crippen LogP contribution in [0.25, 0.3) is 0 Å². The quantitative estimate of drug-likeness (QED) is 0.446. The Morgan fingerprint density at radius 2 is 2.17 bits per heavy atom. The first-order valence-electron chi connectivity index (χ1n) is 9.19. The Bertz CT molecular complexity index is 994. The van der Waals surface area contributed by atoms with Crippen molar-refractivity contribution in [2.75, 3.05) is 13.7 Å². The fourth-order valence-electron chi connectivity index (χ4n) is 3.16. The Balaban J connectivity index is 1.70. The first kappa shape index (κ1) is 20.9. The molecule has 3 rings (SSSR count). The normalized spacial score (nSPS) is 14.4. The van der Waals surface area contributed by atoms with Crippen molar-refractivity contribution < 1.29 is 24.0 Å². The Morgan fingerprint density at radius 3 is 2.77 bits per heavy atom. The zero-order chi connectivity index (χ0) is 21.8. The average Bonchev–Trinajstić information content (AvgIpc) is 3.18. The fraction of sp³-hybridized carbons (Fsp3) is 0.300. The van der Waals surface area contributed by atoms with E-state index in [1.165, 1.54) is 24.3 Å². The van der Waals surface area contributed by atoms with E-state index >= 15 is 0 Å². The fourth-order valence-corrected chi connectivity index (χ4v) is 3.16. The maximum absolute atomic E-state index is 12.8. The number of aromatic hydroxyl groups is 1. The van der Waals surface area contributed by atoms with Crippen molar-refractivity contribution in [1.82, 2.24) is 20.3 Å². The molecule has 10 nitrogen and oxygen atoms in total. The van der Waals surface area contributed by atoms with Crippen LogP contribution in [0.15, 0.2) is 34.6 Å². The minimum absolute atomic E-state index is 0.0478. The van der Waals surface area contributed by atoms with Crippen molar-refractivity contribution in [3.05, 3.63) is 52.7 Å². The van der Waals surface area contributed by atoms with E-state index in [2.05, 4.69) is 10.5 Å². The molecule has 0 spiro atoms. The molecule has 0 aliphatic carbocycles. The SMILES string of the molecule is COc1ccc(CN2CC(=O)N(/C(C=N)=C/NCc3c(C)noc3C)C2=O)cc1O. The standard InChI is InChI=1S/C20H23N5O5/c1-12-16(13(2)30-23-12)9-22-8-15(7-21)25-19(27)11-24(20(25)28)10-14-4-5-18(29-3)17(26)6-14/h4-8,21-22,26H,9-11H2,1-3H3/b15-8+,21-7?. The Labute approximate surface area is 173 Å². The van der Waals surface area contributed by atoms with Gasteiger partial charge in [0.05, 0.1) is 18.5 Å². The number of allylic oxidation sites excluding steroid dienone is 1. The first-order chi connectivity index (χ1) is 14.3. The number of urea groups is 1. The molecule has 1 aromatic carbocycles. The number of imide groups is 1. The molecule has 1 fully saturated rings. The number of hydrogen-bond donors (Lipinski definition) is 3. The van der Waals surface area contributed by atoms with Gasteiger partial charge in [0.25, 0.3) is 5.91 Å². The van der Waals surface area contributed by atoms with Crippen LogP contribution in [0.3, 0.4) is 0 Å². The number of benzene rings is 1. The number of amides is 3. The molecule has 2 aromatic rings. The highest BCUT2D eigenvalue weighted by molar-refractivity contribution is 6.07. The summed E-state index contributed by atoms with van der Waals surface area (Å²) >= 11 is 0. The summed E-state index contributed by atoms with van der Waals surface area (Å²) in [5.74, 6) is 0.509. The van der Waals surface area contributed by atoms with Crippen molar-refractivity contribution in [3.8, 4) is 11.5 Å². The molecule has 30 heavy (non-hydrogen) atoms. The van der Waals surface area contributed by atoms with Crippen LogP contribution in [0, 0.1) is 19.3 Å². The Kier molecular flexibility index (Phi) is 6.05. The van der Waals surface area contributed by atoms with Crippen LogP contribution < -0.4 is 10.1 Å². The Morgan fingerprint density at radius 1 is 1.40 bits per heavy atom. The van der Waals surface area contributed by atoms with E-state index in [4.69, 9.17) is 14.7 Å². The van der Waals surface area contributed by atoms with Gasteiger partial charge in [-0.05, 0) is 31.5 Å². The van der Waals surface area contributed by atoms with Crippen molar-refractivity contribution >= 4 is 18.2 Å². The first-order valence-corrected chi connectivity index (χ1v) is 9.19. The summed E-state index contributed by atoms with van der Waals surface area (Å²) in [6.07, 6.45) is 2.39. The highest BCUT2D eigenvalue weighted by atomic mass is 16.5. The third kappa shape index (κ3) is 4.12. The maximum atomic E-state index is 12.8. The van der Waals surface area contributed by atoms with Gasteiger partial charge in [0.1, 0.15) is 12.3 Å². The lowest BCUT2D eigenvalue weighted by atomic mass is 10.2. The van der Waals surface area contributed by atoms with Gasteiger partial charge in [-0.3, -0.25) is 4.79 Å². The number of nitrogens with one attached hydrogen (secondary N) is 2. The molecule has 2 heterocycles. The van der Waals surface area contributed by atoms with E-state index in [9.17, 15) is 14.7 Å². The van der Waals surface area contributed by atoms with Gasteiger partial charge < -0.3 is 30.0 Å². The topological polar surface area (TPSA) is 132 Å². The van der Waals surface area contributed by atoms with E-state index in [0.717, 1.165) is 22.4 Å². The van der Waals surface area contributed by atoms with Gasteiger partial charge in [0.2, 0.25) is 0 Å². The van der Waals surface area contributed by atoms with Crippen LogP contribution in [-0.4, -0.2) is 51.9 Å². The smallest absolute Gasteiger partial charge is 0.332 e. The predicted molar refractivity (Wildman–Crippen MR) is 107 cm³/mol. The number of methoxy groups -OCH3 is 1. The zero-order valence-electron chi connectivity index (χ0n) is 16.9. The van der Waals surface area contributed by atoms with Gasteiger partial charge in [-0.1, -0.05) is 11.2 Å². The van der Waals surface area contributed by atoms with Crippen molar-refractivity contribution in [2.24, 2.45) is 0 Å². The second-order valence-corrected chi connectivity index (χ2v) is 6.77. The largest absolute Gasteiger partial charge is 0.504 e. The monoisotopic (exact) mass is 413 g/mol. The average molecular weight is 413 g/mol. The van der Waals surface area contributed by atoms with Crippen molar-refractivity contribution in [2.45, 2.75) is 26.9 Å². The number of phenols is 1. The molecule has 1 aliphatic heterocycles. The molecule has 0 bridgehead atoms. The second kappa shape index (κ2) is 8.68. The summed E-state index contributed by atoms with van der Waals surface area (Å²) in [5, 5.41) is 24.4. The van der Waals surface area contributed by atoms with Crippen molar-refractivity contribution in [1.29, 1.82) is 5.41 Å². The van der Waals surface area contributed by atoms with Gasteiger partial charge in [-0.25, -0.2) is 9.69 Å². The van der Waals surface area contributed by atoms with E-state index in [0.29, 0.717) is 23.6 Å². The highest BCUT2D eigenvalue weighted by Gasteiger charge is 2.37. The molecule has 1 aliphatic rings. The van der Waals surface area contributed by atoms with Gasteiger partial charge in [0.15, 0.2) is 11.5 Å². The molecular formula is C20H23N5O5. The number of ether oxygens (including phenoxy) is 1. The minimum Gasteiger partial charge on any atom is -0.504 e. The molecule has 0 saturated carbocycles. The number of aryl methyl sites for hydroxylation is 2. The van der Waals surface area contributed by atoms with E-state index in [1.807, 2.05) is 6.92 Å². The number of carbonyl (C=O) groups is 2. The number of aromatic nitrogens is 1. The van der Waals surface area contributed by atoms with Crippen LogP contribution in [0.2, 0.25) is 0 Å². The molecule has 1 aromatic heterocycles. The summed E-state index contributed by atoms with van der Waals surface area (Å²) in [6, 6.07) is 4.24. The number of nitrogens with zero attached hydrogens (tertiary/aromatic N) is 3. The van der Waals surface area contributed by atoms with Gasteiger partial charge in [-0.2, -0.15) is 0 Å². The summed E-state index contributed by atoms with van der Waals surface area (Å²) in [5.41, 5.74) is 2.38. The molecule has 3 amide bonds. The molecule has 0 unspecified atom stereocenters. The lowest BCUT2D eigenvalue weighted by molar-refractivity contribution is -0.123. The minimum atomic E-state index is -0.538. The molecular weight excluding hydrogens is 390 g/mol. The number of rotatable bonds is 8. The van der Waals surface area contributed by atoms with Crippen LogP contribution >= 0.6 is 0 Å². The summed E-state index contributed by atoms with van der Waals surface area (Å²) in [4.78, 5) is 27.5. The third-order valence-electron chi connectivity index (χ3n) is 4.77. The predicted octanol–water partition coefficient (Wildman–Crippen LogP) is 2.05. The summed E-state index contributed by atoms with van der Waals surface area (Å²) < 4.78 is 10.1. The van der Waals surface area contributed by atoms with Gasteiger partial charge in [0, 0.05) is 31.1 Å². The molecule has 158 valence electrons. The highest BCUT2D eigenvalue weighted by Crippen LogP contribution is 2.27. The van der Waals surface area contributed by atoms with E-state index in [-0.39, 0.29) is 24.5 Å². The van der Waals surface area contributed by atoms with Crippen LogP contribution in [0.1, 0.15) is 22.6 Å².